The molecule has 0 aliphatic carbocycles. The predicted molar refractivity (Wildman–Crippen MR) is 182 cm³/mol. The first-order chi connectivity index (χ1) is 23.6. The van der Waals surface area contributed by atoms with Crippen LogP contribution in [0.1, 0.15) is 44.5 Å². The van der Waals surface area contributed by atoms with Crippen LogP contribution in [0.15, 0.2) is 124 Å². The molecule has 2 unspecified atom stereocenters. The first-order valence-electron chi connectivity index (χ1n) is 15.4. The molecule has 2 aromatic heterocycles. The van der Waals surface area contributed by atoms with Gasteiger partial charge in [0.15, 0.2) is 0 Å². The van der Waals surface area contributed by atoms with Crippen molar-refractivity contribution in [1.29, 1.82) is 0 Å². The molecule has 248 valence electrons. The molecule has 6 aromatic rings. The number of amides is 1. The third kappa shape index (κ3) is 6.99. The van der Waals surface area contributed by atoms with Crippen molar-refractivity contribution in [1.82, 2.24) is 15.6 Å². The van der Waals surface area contributed by atoms with E-state index < -0.39 is 17.7 Å². The van der Waals surface area contributed by atoms with E-state index in [-0.39, 0.29) is 46.9 Å². The van der Waals surface area contributed by atoms with Crippen LogP contribution in [0.2, 0.25) is 0 Å². The molecule has 2 atom stereocenters. The number of aromatic hydroxyl groups is 1. The van der Waals surface area contributed by atoms with E-state index in [1.54, 1.807) is 103 Å². The van der Waals surface area contributed by atoms with E-state index in [2.05, 4.69) is 15.6 Å². The number of hydrogen-bond acceptors (Lipinski definition) is 8. The highest BCUT2D eigenvalue weighted by Gasteiger charge is 2.40. The number of furan rings is 1. The van der Waals surface area contributed by atoms with Gasteiger partial charge in [0.25, 0.3) is 5.91 Å². The van der Waals surface area contributed by atoms with E-state index in [9.17, 15) is 34.8 Å². The molecule has 0 saturated carbocycles. The molecule has 2 heterocycles. The van der Waals surface area contributed by atoms with Gasteiger partial charge in [-0.3, -0.25) is 9.59 Å². The minimum absolute atomic E-state index is 0.0753. The van der Waals surface area contributed by atoms with E-state index in [1.165, 1.54) is 12.1 Å². The van der Waals surface area contributed by atoms with Crippen LogP contribution in [-0.2, 0) is 23.5 Å². The molecule has 11 heteroatoms. The molecule has 0 fully saturated rings. The Kier molecular flexibility index (Phi) is 9.40. The molecule has 0 bridgehead atoms. The number of carbonyl (C=O) groups is 2. The summed E-state index contributed by atoms with van der Waals surface area (Å²) in [5.74, 6) is -0.850. The molecular weight excluding hydrogens is 626 g/mol. The van der Waals surface area contributed by atoms with Crippen molar-refractivity contribution in [3.63, 3.8) is 0 Å². The van der Waals surface area contributed by atoms with Gasteiger partial charge in [-0.1, -0.05) is 66.7 Å². The number of H-pyrrole nitrogens is 1. The molecule has 7 N–H and O–H groups in total. The van der Waals surface area contributed by atoms with Crippen LogP contribution in [-0.4, -0.2) is 43.8 Å². The van der Waals surface area contributed by atoms with Crippen molar-refractivity contribution in [2.75, 3.05) is 6.54 Å². The van der Waals surface area contributed by atoms with Crippen LogP contribution in [0.4, 0.5) is 0 Å². The molecule has 1 amide bonds. The molecule has 49 heavy (non-hydrogen) atoms. The number of fused-ring (bicyclic) bond motifs is 1. The molecule has 4 aromatic carbocycles. The summed E-state index contributed by atoms with van der Waals surface area (Å²) in [7, 11) is 0. The lowest BCUT2D eigenvalue weighted by Gasteiger charge is -2.24. The lowest BCUT2D eigenvalue weighted by molar-refractivity contribution is -0.155. The average Bonchev–Trinajstić information content (AvgIpc) is 3.60. The number of phenols is 1. The number of carboxylic acids is 1. The number of carboxylic acid groups (broad SMARTS) is 1. The highest BCUT2D eigenvalue weighted by molar-refractivity contribution is 5.94. The van der Waals surface area contributed by atoms with Gasteiger partial charge >= 0.3 is 5.97 Å². The number of rotatable bonds is 12. The van der Waals surface area contributed by atoms with Gasteiger partial charge in [-0.2, -0.15) is 0 Å². The van der Waals surface area contributed by atoms with Gasteiger partial charge in [-0.25, -0.2) is 4.79 Å². The smallest absolute Gasteiger partial charge is 0.345 e. The molecule has 0 aliphatic heterocycles. The zero-order valence-electron chi connectivity index (χ0n) is 26.1. The SMILES string of the molecule is O=C(NCc1ccc(-c2cccc(C(O)(C(=O)O)c3ccccc3)c2)o1)c1ccc(CNCC(O)c2ccc(O)c3[nH]c(=O)ccc23)cc1. The van der Waals surface area contributed by atoms with Crippen molar-refractivity contribution in [2.45, 2.75) is 24.8 Å². The number of hydrogen-bond donors (Lipinski definition) is 7. The zero-order chi connectivity index (χ0) is 34.5. The van der Waals surface area contributed by atoms with Gasteiger partial charge < -0.3 is 40.5 Å². The number of phenolic OH excluding ortho intramolecular Hbond substituents is 1. The van der Waals surface area contributed by atoms with Crippen molar-refractivity contribution >= 4 is 22.8 Å². The van der Waals surface area contributed by atoms with Crippen molar-refractivity contribution in [3.05, 3.63) is 159 Å². The van der Waals surface area contributed by atoms with E-state index in [1.807, 2.05) is 0 Å². The van der Waals surface area contributed by atoms with E-state index >= 15 is 0 Å². The van der Waals surface area contributed by atoms with Crippen LogP contribution < -0.4 is 16.2 Å². The van der Waals surface area contributed by atoms with Crippen LogP contribution in [0.3, 0.4) is 0 Å². The van der Waals surface area contributed by atoms with E-state index in [0.29, 0.717) is 40.1 Å². The third-order valence-electron chi connectivity index (χ3n) is 8.30. The second kappa shape index (κ2) is 14.0. The summed E-state index contributed by atoms with van der Waals surface area (Å²) < 4.78 is 5.94. The predicted octanol–water partition coefficient (Wildman–Crippen LogP) is 4.57. The second-order valence-corrected chi connectivity index (χ2v) is 11.5. The summed E-state index contributed by atoms with van der Waals surface area (Å²) in [6.07, 6.45) is -0.896. The van der Waals surface area contributed by atoms with Gasteiger partial charge in [0, 0.05) is 41.2 Å². The topological polar surface area (TPSA) is 185 Å². The van der Waals surface area contributed by atoms with E-state index in [0.717, 1.165) is 5.56 Å². The van der Waals surface area contributed by atoms with Gasteiger partial charge in [-0.05, 0) is 59.2 Å². The van der Waals surface area contributed by atoms with E-state index in [4.69, 9.17) is 4.42 Å². The first-order valence-corrected chi connectivity index (χ1v) is 15.4. The number of carbonyl (C=O) groups excluding carboxylic acids is 1. The molecule has 11 nitrogen and oxygen atoms in total. The van der Waals surface area contributed by atoms with Gasteiger partial charge in [0.2, 0.25) is 11.2 Å². The average molecular weight is 660 g/mol. The number of pyridine rings is 1. The number of aromatic amines is 1. The van der Waals surface area contributed by atoms with Gasteiger partial charge in [0.1, 0.15) is 17.3 Å². The lowest BCUT2D eigenvalue weighted by atomic mass is 9.85. The number of aliphatic hydroxyl groups is 2. The number of benzene rings is 4. The monoisotopic (exact) mass is 659 g/mol. The minimum atomic E-state index is -2.25. The van der Waals surface area contributed by atoms with Gasteiger partial charge in [-0.15, -0.1) is 0 Å². The summed E-state index contributed by atoms with van der Waals surface area (Å²) in [6, 6.07) is 31.1. The van der Waals surface area contributed by atoms with Gasteiger partial charge in [0.05, 0.1) is 18.2 Å². The highest BCUT2D eigenvalue weighted by atomic mass is 16.4. The molecule has 0 radical (unpaired) electrons. The quantitative estimate of drug-likeness (QED) is 0.0989. The minimum Gasteiger partial charge on any atom is -0.506 e. The fourth-order valence-corrected chi connectivity index (χ4v) is 5.67. The Balaban J connectivity index is 1.03. The maximum atomic E-state index is 12.8. The normalized spacial score (nSPS) is 13.1. The molecule has 0 saturated heterocycles. The van der Waals surface area contributed by atoms with Crippen molar-refractivity contribution in [2.24, 2.45) is 0 Å². The lowest BCUT2D eigenvalue weighted by Crippen LogP contribution is -2.36. The highest BCUT2D eigenvalue weighted by Crippen LogP contribution is 2.33. The van der Waals surface area contributed by atoms with Crippen molar-refractivity contribution in [3.8, 4) is 17.1 Å². The Hall–Kier alpha value is -6.01. The van der Waals surface area contributed by atoms with Crippen molar-refractivity contribution < 1.29 is 34.4 Å². The number of aromatic nitrogens is 1. The molecular formula is C38H33N3O8. The number of nitrogens with one attached hydrogen (secondary N) is 3. The Morgan fingerprint density at radius 1 is 0.837 bits per heavy atom. The third-order valence-corrected chi connectivity index (χ3v) is 8.30. The summed E-state index contributed by atoms with van der Waals surface area (Å²) in [4.78, 5) is 39.3. The largest absolute Gasteiger partial charge is 0.506 e. The summed E-state index contributed by atoms with van der Waals surface area (Å²) >= 11 is 0. The zero-order valence-corrected chi connectivity index (χ0v) is 26.1. The van der Waals surface area contributed by atoms with Crippen LogP contribution in [0.5, 0.6) is 5.75 Å². The maximum Gasteiger partial charge on any atom is 0.345 e. The molecule has 0 spiro atoms. The number of aliphatic hydroxyl groups excluding tert-OH is 1. The van der Waals surface area contributed by atoms with Crippen LogP contribution in [0.25, 0.3) is 22.2 Å². The summed E-state index contributed by atoms with van der Waals surface area (Å²) in [5.41, 5.74) is 0.539. The van der Waals surface area contributed by atoms with Crippen LogP contribution in [0, 0.1) is 0 Å². The Morgan fingerprint density at radius 3 is 2.35 bits per heavy atom. The Morgan fingerprint density at radius 2 is 1.59 bits per heavy atom. The molecule has 6 rings (SSSR count). The summed E-state index contributed by atoms with van der Waals surface area (Å²) in [5, 5.41) is 48.6. The maximum absolute atomic E-state index is 12.8. The summed E-state index contributed by atoms with van der Waals surface area (Å²) in [6.45, 7) is 0.754. The standard InChI is InChI=1S/C38H33N3O8/c42-31-16-14-29(30-15-18-34(44)41-35(30)31)32(43)22-39-20-23-9-11-24(12-10-23)36(45)40-21-28-13-17-33(49-28)25-5-4-8-27(19-25)38(48,37(46)47)26-6-2-1-3-7-26/h1-19,32,39,42-43,48H,20-22H2,(H,40,45)(H,41,44)(H,46,47). The number of aliphatic carboxylic acids is 1. The van der Waals surface area contributed by atoms with Crippen LogP contribution >= 0.6 is 0 Å². The molecule has 0 aliphatic rings. The Labute approximate surface area is 280 Å². The fourth-order valence-electron chi connectivity index (χ4n) is 5.67. The fraction of sp³-hybridized carbons (Fsp3) is 0.132. The Bertz CT molecular complexity index is 2180. The first kappa shape index (κ1) is 32.9. The second-order valence-electron chi connectivity index (χ2n) is 11.5.